The van der Waals surface area contributed by atoms with Crippen molar-refractivity contribution in [2.75, 3.05) is 0 Å². The number of allylic oxidation sites excluding steroid dienone is 1. The molecule has 0 unspecified atom stereocenters. The van der Waals surface area contributed by atoms with E-state index < -0.39 is 0 Å². The zero-order valence-corrected chi connectivity index (χ0v) is 12.2. The monoisotopic (exact) mass is 326 g/mol. The lowest BCUT2D eigenvalue weighted by Gasteiger charge is -2.02. The lowest BCUT2D eigenvalue weighted by molar-refractivity contribution is 0.0990. The molecule has 2 nitrogen and oxygen atoms in total. The van der Waals surface area contributed by atoms with Gasteiger partial charge in [0.15, 0.2) is 11.6 Å². The van der Waals surface area contributed by atoms with E-state index in [2.05, 4.69) is 15.9 Å². The summed E-state index contributed by atoms with van der Waals surface area (Å²) in [5.41, 5.74) is 3.20. The van der Waals surface area contributed by atoms with Crippen molar-refractivity contribution in [2.45, 2.75) is 5.33 Å². The minimum absolute atomic E-state index is 0.185. The molecule has 0 radical (unpaired) electrons. The standard InChI is InChI=1S/C17H11BrO2/c18-10-12-6-2-1-5-11(12)9-15-16(19)13-7-3-4-8-14(13)17(15)20/h1-9H,10H2. The molecular formula is C17H11BrO2. The number of rotatable bonds is 2. The van der Waals surface area contributed by atoms with Crippen molar-refractivity contribution in [3.63, 3.8) is 0 Å². The van der Waals surface area contributed by atoms with E-state index in [1.807, 2.05) is 24.3 Å². The zero-order valence-electron chi connectivity index (χ0n) is 10.6. The summed E-state index contributed by atoms with van der Waals surface area (Å²) in [6.45, 7) is 0. The van der Waals surface area contributed by atoms with E-state index in [0.29, 0.717) is 16.5 Å². The van der Waals surface area contributed by atoms with Crippen LogP contribution in [0.3, 0.4) is 0 Å². The van der Waals surface area contributed by atoms with Crippen LogP contribution in [0.15, 0.2) is 54.1 Å². The Balaban J connectivity index is 2.11. The first kappa shape index (κ1) is 13.0. The van der Waals surface area contributed by atoms with Crippen LogP contribution in [0.5, 0.6) is 0 Å². The molecule has 0 bridgehead atoms. The Morgan fingerprint density at radius 2 is 1.40 bits per heavy atom. The maximum absolute atomic E-state index is 12.3. The van der Waals surface area contributed by atoms with Crippen LogP contribution in [0.25, 0.3) is 6.08 Å². The Labute approximate surface area is 125 Å². The van der Waals surface area contributed by atoms with E-state index in [4.69, 9.17) is 0 Å². The van der Waals surface area contributed by atoms with Crippen molar-refractivity contribution < 1.29 is 9.59 Å². The van der Waals surface area contributed by atoms with E-state index in [9.17, 15) is 9.59 Å². The third kappa shape index (κ3) is 2.04. The number of benzene rings is 2. The van der Waals surface area contributed by atoms with Gasteiger partial charge in [-0.1, -0.05) is 64.5 Å². The van der Waals surface area contributed by atoms with Gasteiger partial charge >= 0.3 is 0 Å². The summed E-state index contributed by atoms with van der Waals surface area (Å²) >= 11 is 3.42. The highest BCUT2D eigenvalue weighted by molar-refractivity contribution is 9.08. The third-order valence-corrected chi connectivity index (χ3v) is 4.01. The van der Waals surface area contributed by atoms with Crippen molar-refractivity contribution in [3.8, 4) is 0 Å². The van der Waals surface area contributed by atoms with Gasteiger partial charge in [-0.3, -0.25) is 9.59 Å². The molecule has 0 fully saturated rings. The maximum atomic E-state index is 12.3. The van der Waals surface area contributed by atoms with Gasteiger partial charge in [0.05, 0.1) is 5.57 Å². The smallest absolute Gasteiger partial charge is 0.197 e. The van der Waals surface area contributed by atoms with Gasteiger partial charge in [0.25, 0.3) is 0 Å². The van der Waals surface area contributed by atoms with E-state index in [0.717, 1.165) is 11.1 Å². The van der Waals surface area contributed by atoms with Gasteiger partial charge in [-0.25, -0.2) is 0 Å². The number of hydrogen-bond acceptors (Lipinski definition) is 2. The molecule has 0 saturated heterocycles. The SMILES string of the molecule is O=C1C(=Cc2ccccc2CBr)C(=O)c2ccccc21. The second-order valence-electron chi connectivity index (χ2n) is 4.59. The van der Waals surface area contributed by atoms with E-state index >= 15 is 0 Å². The molecule has 0 saturated carbocycles. The Morgan fingerprint density at radius 1 is 0.850 bits per heavy atom. The van der Waals surface area contributed by atoms with E-state index in [-0.39, 0.29) is 17.1 Å². The van der Waals surface area contributed by atoms with Gasteiger partial charge in [0.1, 0.15) is 0 Å². The summed E-state index contributed by atoms with van der Waals surface area (Å²) in [4.78, 5) is 24.6. The highest BCUT2D eigenvalue weighted by Crippen LogP contribution is 2.28. The van der Waals surface area contributed by atoms with Gasteiger partial charge in [0, 0.05) is 16.5 Å². The predicted octanol–water partition coefficient (Wildman–Crippen LogP) is 4.04. The van der Waals surface area contributed by atoms with Gasteiger partial charge in [-0.05, 0) is 17.2 Å². The van der Waals surface area contributed by atoms with Crippen molar-refractivity contribution in [1.29, 1.82) is 0 Å². The number of carbonyl (C=O) groups is 2. The van der Waals surface area contributed by atoms with Gasteiger partial charge in [-0.2, -0.15) is 0 Å². The first-order valence-electron chi connectivity index (χ1n) is 6.26. The van der Waals surface area contributed by atoms with Crippen LogP contribution < -0.4 is 0 Å². The van der Waals surface area contributed by atoms with Gasteiger partial charge in [-0.15, -0.1) is 0 Å². The second-order valence-corrected chi connectivity index (χ2v) is 5.16. The number of hydrogen-bond donors (Lipinski definition) is 0. The molecule has 98 valence electrons. The zero-order chi connectivity index (χ0) is 14.1. The fourth-order valence-electron chi connectivity index (χ4n) is 2.36. The minimum Gasteiger partial charge on any atom is -0.288 e. The molecular weight excluding hydrogens is 316 g/mol. The summed E-state index contributed by atoms with van der Waals surface area (Å²) in [6.07, 6.45) is 1.70. The number of Topliss-reactive ketones (excluding diaryl/α,β-unsaturated/α-hetero) is 2. The maximum Gasteiger partial charge on any atom is 0.197 e. The highest BCUT2D eigenvalue weighted by atomic mass is 79.9. The molecule has 0 heterocycles. The van der Waals surface area contributed by atoms with Crippen LogP contribution in [-0.2, 0) is 5.33 Å². The van der Waals surface area contributed by atoms with Crippen molar-refractivity contribution in [3.05, 3.63) is 76.4 Å². The number of fused-ring (bicyclic) bond motifs is 1. The molecule has 0 N–H and O–H groups in total. The molecule has 0 aromatic heterocycles. The highest BCUT2D eigenvalue weighted by Gasteiger charge is 2.32. The molecule has 0 spiro atoms. The molecule has 0 amide bonds. The minimum atomic E-state index is -0.185. The van der Waals surface area contributed by atoms with Crippen LogP contribution in [0, 0.1) is 0 Å². The van der Waals surface area contributed by atoms with Crippen LogP contribution in [0.2, 0.25) is 0 Å². The van der Waals surface area contributed by atoms with Crippen LogP contribution in [0.1, 0.15) is 31.8 Å². The number of alkyl halides is 1. The molecule has 3 rings (SSSR count). The fraction of sp³-hybridized carbons (Fsp3) is 0.0588. The molecule has 1 aliphatic rings. The molecule has 2 aromatic carbocycles. The van der Waals surface area contributed by atoms with Crippen molar-refractivity contribution >= 4 is 33.6 Å². The van der Waals surface area contributed by atoms with Gasteiger partial charge in [0.2, 0.25) is 0 Å². The second kappa shape index (κ2) is 5.17. The summed E-state index contributed by atoms with van der Waals surface area (Å²) in [7, 11) is 0. The normalized spacial score (nSPS) is 13.6. The van der Waals surface area contributed by atoms with Crippen molar-refractivity contribution in [1.82, 2.24) is 0 Å². The first-order chi connectivity index (χ1) is 9.72. The summed E-state index contributed by atoms with van der Waals surface area (Å²) < 4.78 is 0. The van der Waals surface area contributed by atoms with Crippen LogP contribution in [0.4, 0.5) is 0 Å². The summed E-state index contributed by atoms with van der Waals surface area (Å²) in [5.74, 6) is -0.370. The third-order valence-electron chi connectivity index (χ3n) is 3.40. The van der Waals surface area contributed by atoms with Crippen molar-refractivity contribution in [2.24, 2.45) is 0 Å². The van der Waals surface area contributed by atoms with E-state index in [1.165, 1.54) is 0 Å². The molecule has 3 heteroatoms. The van der Waals surface area contributed by atoms with E-state index in [1.54, 1.807) is 30.3 Å². The molecule has 1 aliphatic carbocycles. The largest absolute Gasteiger partial charge is 0.288 e. The predicted molar refractivity (Wildman–Crippen MR) is 82.2 cm³/mol. The molecule has 0 atom stereocenters. The number of halogens is 1. The lowest BCUT2D eigenvalue weighted by atomic mass is 10.0. The fourth-order valence-corrected chi connectivity index (χ4v) is 2.87. The Bertz CT molecular complexity index is 707. The van der Waals surface area contributed by atoms with Gasteiger partial charge < -0.3 is 0 Å². The molecule has 20 heavy (non-hydrogen) atoms. The summed E-state index contributed by atoms with van der Waals surface area (Å²) in [6, 6.07) is 14.7. The van der Waals surface area contributed by atoms with Crippen LogP contribution in [-0.4, -0.2) is 11.6 Å². The number of carbonyl (C=O) groups excluding carboxylic acids is 2. The topological polar surface area (TPSA) is 34.1 Å². The average Bonchev–Trinajstić information content (AvgIpc) is 2.73. The Kier molecular flexibility index (Phi) is 3.36. The quantitative estimate of drug-likeness (QED) is 0.474. The average molecular weight is 327 g/mol. The lowest BCUT2D eigenvalue weighted by Crippen LogP contribution is -2.00. The Hall–Kier alpha value is -2.00. The number of ketones is 2. The summed E-state index contributed by atoms with van der Waals surface area (Å²) in [5, 5.41) is 0.683. The molecule has 2 aromatic rings. The van der Waals surface area contributed by atoms with Crippen LogP contribution >= 0.6 is 15.9 Å². The first-order valence-corrected chi connectivity index (χ1v) is 7.38. The molecule has 0 aliphatic heterocycles. The Morgan fingerprint density at radius 3 is 2.00 bits per heavy atom.